The standard InChI is InChI=1S/C11H15BrFNO/c1-2-11(14-3-4-15)8-5-9(12)7-10(13)6-8/h5-7,11,14-15H,2-4H2,1H3. The maximum Gasteiger partial charge on any atom is 0.124 e. The number of hydrogen-bond acceptors (Lipinski definition) is 2. The fourth-order valence-corrected chi connectivity index (χ4v) is 2.00. The van der Waals surface area contributed by atoms with Gasteiger partial charge in [-0.05, 0) is 30.2 Å². The van der Waals surface area contributed by atoms with Crippen LogP contribution in [0.5, 0.6) is 0 Å². The van der Waals surface area contributed by atoms with Gasteiger partial charge in [0, 0.05) is 17.1 Å². The molecule has 0 bridgehead atoms. The first-order chi connectivity index (χ1) is 7.17. The number of halogens is 2. The first kappa shape index (κ1) is 12.6. The van der Waals surface area contributed by atoms with Crippen LogP contribution in [0.3, 0.4) is 0 Å². The second kappa shape index (κ2) is 6.20. The van der Waals surface area contributed by atoms with E-state index < -0.39 is 0 Å². The Bertz CT molecular complexity index is 299. The number of aliphatic hydroxyl groups excluding tert-OH is 1. The Labute approximate surface area is 97.6 Å². The molecule has 84 valence electrons. The molecule has 0 spiro atoms. The Balaban J connectivity index is 2.81. The fraction of sp³-hybridized carbons (Fsp3) is 0.455. The van der Waals surface area contributed by atoms with E-state index in [1.807, 2.05) is 13.0 Å². The molecule has 1 aromatic rings. The Morgan fingerprint density at radius 3 is 2.73 bits per heavy atom. The molecule has 0 heterocycles. The minimum Gasteiger partial charge on any atom is -0.395 e. The summed E-state index contributed by atoms with van der Waals surface area (Å²) in [5, 5.41) is 11.9. The normalized spacial score (nSPS) is 12.8. The quantitative estimate of drug-likeness (QED) is 0.866. The molecule has 1 aromatic carbocycles. The van der Waals surface area contributed by atoms with Crippen LogP contribution in [0, 0.1) is 5.82 Å². The molecular formula is C11H15BrFNO. The zero-order valence-corrected chi connectivity index (χ0v) is 10.2. The second-order valence-corrected chi connectivity index (χ2v) is 4.26. The number of benzene rings is 1. The third-order valence-corrected chi connectivity index (χ3v) is 2.66. The molecule has 0 amide bonds. The van der Waals surface area contributed by atoms with Gasteiger partial charge in [-0.2, -0.15) is 0 Å². The number of aliphatic hydroxyl groups is 1. The van der Waals surface area contributed by atoms with Crippen LogP contribution in [0.2, 0.25) is 0 Å². The van der Waals surface area contributed by atoms with Gasteiger partial charge < -0.3 is 10.4 Å². The predicted octanol–water partition coefficient (Wildman–Crippen LogP) is 2.62. The van der Waals surface area contributed by atoms with E-state index in [1.54, 1.807) is 0 Å². The van der Waals surface area contributed by atoms with Crippen molar-refractivity contribution < 1.29 is 9.50 Å². The second-order valence-electron chi connectivity index (χ2n) is 3.34. The summed E-state index contributed by atoms with van der Waals surface area (Å²) in [5.74, 6) is -0.247. The zero-order chi connectivity index (χ0) is 11.3. The lowest BCUT2D eigenvalue weighted by Crippen LogP contribution is -2.24. The molecule has 0 aliphatic rings. The molecule has 0 radical (unpaired) electrons. The van der Waals surface area contributed by atoms with Crippen LogP contribution in [-0.4, -0.2) is 18.3 Å². The van der Waals surface area contributed by atoms with Gasteiger partial charge in [-0.15, -0.1) is 0 Å². The van der Waals surface area contributed by atoms with E-state index in [4.69, 9.17) is 5.11 Å². The van der Waals surface area contributed by atoms with Crippen LogP contribution < -0.4 is 5.32 Å². The Morgan fingerprint density at radius 1 is 1.47 bits per heavy atom. The van der Waals surface area contributed by atoms with Gasteiger partial charge >= 0.3 is 0 Å². The van der Waals surface area contributed by atoms with Gasteiger partial charge in [0.05, 0.1) is 6.61 Å². The van der Waals surface area contributed by atoms with Gasteiger partial charge in [0.25, 0.3) is 0 Å². The zero-order valence-electron chi connectivity index (χ0n) is 8.63. The van der Waals surface area contributed by atoms with Crippen LogP contribution >= 0.6 is 15.9 Å². The molecule has 1 unspecified atom stereocenters. The lowest BCUT2D eigenvalue weighted by atomic mass is 10.0. The van der Waals surface area contributed by atoms with Crippen LogP contribution in [0.4, 0.5) is 4.39 Å². The largest absolute Gasteiger partial charge is 0.395 e. The van der Waals surface area contributed by atoms with Crippen molar-refractivity contribution in [3.63, 3.8) is 0 Å². The first-order valence-corrected chi connectivity index (χ1v) is 5.77. The molecule has 0 aliphatic heterocycles. The lowest BCUT2D eigenvalue weighted by molar-refractivity contribution is 0.283. The molecule has 0 aromatic heterocycles. The minimum atomic E-state index is -0.247. The van der Waals surface area contributed by atoms with Gasteiger partial charge in [0.15, 0.2) is 0 Å². The van der Waals surface area contributed by atoms with Crippen molar-refractivity contribution in [2.75, 3.05) is 13.2 Å². The molecule has 2 nitrogen and oxygen atoms in total. The molecular weight excluding hydrogens is 261 g/mol. The summed E-state index contributed by atoms with van der Waals surface area (Å²) in [5.41, 5.74) is 0.901. The lowest BCUT2D eigenvalue weighted by Gasteiger charge is -2.17. The Hall–Kier alpha value is -0.450. The van der Waals surface area contributed by atoms with Crippen LogP contribution in [-0.2, 0) is 0 Å². The smallest absolute Gasteiger partial charge is 0.124 e. The topological polar surface area (TPSA) is 32.3 Å². The van der Waals surface area contributed by atoms with Gasteiger partial charge in [-0.25, -0.2) is 4.39 Å². The summed E-state index contributed by atoms with van der Waals surface area (Å²) < 4.78 is 13.9. The molecule has 4 heteroatoms. The van der Waals surface area contributed by atoms with Crippen molar-refractivity contribution in [1.82, 2.24) is 5.32 Å². The maximum atomic E-state index is 13.1. The Kier molecular flexibility index (Phi) is 5.22. The van der Waals surface area contributed by atoms with Gasteiger partial charge in [-0.3, -0.25) is 0 Å². The highest BCUT2D eigenvalue weighted by atomic mass is 79.9. The van der Waals surface area contributed by atoms with Crippen molar-refractivity contribution >= 4 is 15.9 Å². The van der Waals surface area contributed by atoms with Crippen molar-refractivity contribution in [2.24, 2.45) is 0 Å². The molecule has 2 N–H and O–H groups in total. The number of hydrogen-bond donors (Lipinski definition) is 2. The number of rotatable bonds is 5. The molecule has 1 rings (SSSR count). The highest BCUT2D eigenvalue weighted by molar-refractivity contribution is 9.10. The molecule has 1 atom stereocenters. The van der Waals surface area contributed by atoms with Gasteiger partial charge in [0.2, 0.25) is 0 Å². The number of nitrogens with one attached hydrogen (secondary N) is 1. The fourth-order valence-electron chi connectivity index (χ4n) is 1.51. The third kappa shape index (κ3) is 3.89. The van der Waals surface area contributed by atoms with E-state index >= 15 is 0 Å². The van der Waals surface area contributed by atoms with Crippen LogP contribution in [0.1, 0.15) is 24.9 Å². The van der Waals surface area contributed by atoms with Crippen LogP contribution in [0.15, 0.2) is 22.7 Å². The average Bonchev–Trinajstić information content (AvgIpc) is 2.17. The van der Waals surface area contributed by atoms with Crippen molar-refractivity contribution in [3.05, 3.63) is 34.1 Å². The van der Waals surface area contributed by atoms with Crippen molar-refractivity contribution in [2.45, 2.75) is 19.4 Å². The van der Waals surface area contributed by atoms with E-state index in [-0.39, 0.29) is 18.5 Å². The summed E-state index contributed by atoms with van der Waals surface area (Å²) >= 11 is 3.26. The van der Waals surface area contributed by atoms with E-state index in [0.717, 1.165) is 16.5 Å². The third-order valence-electron chi connectivity index (χ3n) is 2.20. The summed E-state index contributed by atoms with van der Waals surface area (Å²) in [6.45, 7) is 2.63. The molecule has 0 saturated heterocycles. The highest BCUT2D eigenvalue weighted by Gasteiger charge is 2.09. The first-order valence-electron chi connectivity index (χ1n) is 4.97. The summed E-state index contributed by atoms with van der Waals surface area (Å²) in [6, 6.07) is 4.93. The molecule has 0 saturated carbocycles. The molecule has 0 fully saturated rings. The molecule has 0 aliphatic carbocycles. The van der Waals surface area contributed by atoms with Gasteiger partial charge in [-0.1, -0.05) is 22.9 Å². The summed E-state index contributed by atoms with van der Waals surface area (Å²) in [7, 11) is 0. The van der Waals surface area contributed by atoms with Gasteiger partial charge in [0.1, 0.15) is 5.82 Å². The summed E-state index contributed by atoms with van der Waals surface area (Å²) in [4.78, 5) is 0. The van der Waals surface area contributed by atoms with Crippen LogP contribution in [0.25, 0.3) is 0 Å². The van der Waals surface area contributed by atoms with Crippen molar-refractivity contribution in [1.29, 1.82) is 0 Å². The minimum absolute atomic E-state index is 0.0872. The predicted molar refractivity (Wildman–Crippen MR) is 62.2 cm³/mol. The Morgan fingerprint density at radius 2 is 2.20 bits per heavy atom. The van der Waals surface area contributed by atoms with Crippen molar-refractivity contribution in [3.8, 4) is 0 Å². The molecule has 15 heavy (non-hydrogen) atoms. The highest BCUT2D eigenvalue weighted by Crippen LogP contribution is 2.22. The monoisotopic (exact) mass is 275 g/mol. The van der Waals surface area contributed by atoms with E-state index in [0.29, 0.717) is 6.54 Å². The summed E-state index contributed by atoms with van der Waals surface area (Å²) in [6.07, 6.45) is 0.857. The van der Waals surface area contributed by atoms with E-state index in [9.17, 15) is 4.39 Å². The maximum absolute atomic E-state index is 13.1. The SMILES string of the molecule is CCC(NCCO)c1cc(F)cc(Br)c1. The average molecular weight is 276 g/mol. The van der Waals surface area contributed by atoms with E-state index in [1.165, 1.54) is 12.1 Å². The van der Waals surface area contributed by atoms with E-state index in [2.05, 4.69) is 21.2 Å².